The Hall–Kier alpha value is -3.93. The van der Waals surface area contributed by atoms with Crippen LogP contribution in [0.1, 0.15) is 297 Å². The van der Waals surface area contributed by atoms with Gasteiger partial charge in [0.05, 0.1) is 0 Å². The minimum Gasteiger partial charge on any atom is -0.462 e. The second-order valence-corrected chi connectivity index (χ2v) is 20.9. The third-order valence-electron chi connectivity index (χ3n) is 13.5. The van der Waals surface area contributed by atoms with Crippen molar-refractivity contribution in [3.8, 4) is 0 Å². The van der Waals surface area contributed by atoms with Gasteiger partial charge in [-0.3, -0.25) is 14.4 Å². The Balaban J connectivity index is 4.33. The van der Waals surface area contributed by atoms with Crippen LogP contribution >= 0.6 is 0 Å². The second-order valence-electron chi connectivity index (χ2n) is 20.9. The molecule has 0 rings (SSSR count). The summed E-state index contributed by atoms with van der Waals surface area (Å²) in [7, 11) is 0. The molecule has 76 heavy (non-hydrogen) atoms. The molecule has 0 radical (unpaired) electrons. The van der Waals surface area contributed by atoms with Gasteiger partial charge in [-0.05, 0) is 109 Å². The van der Waals surface area contributed by atoms with E-state index in [-0.39, 0.29) is 31.1 Å². The summed E-state index contributed by atoms with van der Waals surface area (Å²) in [6.07, 6.45) is 86.6. The number of esters is 3. The zero-order valence-corrected chi connectivity index (χ0v) is 49.7. The maximum atomic E-state index is 12.9. The van der Waals surface area contributed by atoms with Gasteiger partial charge in [-0.1, -0.05) is 278 Å². The van der Waals surface area contributed by atoms with Gasteiger partial charge in [0, 0.05) is 19.3 Å². The van der Waals surface area contributed by atoms with Gasteiger partial charge in [-0.25, -0.2) is 0 Å². The SMILES string of the molecule is CC/C=C\C/C=C\C/C=C\C/C=C\C/C=C\C/C=C\CCCCCCCCC(=O)OCC(COC(=O)CCCCCCCCCCCC)OC(=O)CCCCCCCCCC/C=C\C/C=C\C/C=C\CCCCCCC. The van der Waals surface area contributed by atoms with Gasteiger partial charge >= 0.3 is 17.9 Å². The monoisotopic (exact) mass is 1050 g/mol. The van der Waals surface area contributed by atoms with Crippen LogP contribution in [0.2, 0.25) is 0 Å². The Kier molecular flexibility index (Phi) is 60.3. The van der Waals surface area contributed by atoms with Gasteiger partial charge < -0.3 is 14.2 Å². The maximum absolute atomic E-state index is 12.9. The Bertz CT molecular complexity index is 1540. The molecular formula is C70H118O6. The van der Waals surface area contributed by atoms with Gasteiger partial charge in [-0.15, -0.1) is 0 Å². The van der Waals surface area contributed by atoms with Crippen molar-refractivity contribution in [1.82, 2.24) is 0 Å². The first-order valence-corrected chi connectivity index (χ1v) is 31.9. The highest BCUT2D eigenvalue weighted by Crippen LogP contribution is 2.15. The van der Waals surface area contributed by atoms with Crippen LogP contribution < -0.4 is 0 Å². The zero-order valence-electron chi connectivity index (χ0n) is 49.7. The standard InChI is InChI=1S/C70H118O6/c1-4-7-10-13-16-19-22-24-26-28-30-32-34-35-37-38-40-42-44-46-48-51-54-57-60-63-69(72)75-66-67(65-74-68(71)62-59-56-53-50-21-18-15-12-9-6-3)76-70(73)64-61-58-55-52-49-47-45-43-41-39-36-33-31-29-27-25-23-20-17-14-11-8-5-2/h7,10,16,19,23-26,29-32,35-37,39-40,42,67H,4-6,8-9,11-15,17-18,20-22,27-28,33-34,38,41,43-66H2,1-3H3/b10-7-,19-16-,25-23-,26-24-,31-29-,32-30-,37-35-,39-36-,42-40-. The highest BCUT2D eigenvalue weighted by molar-refractivity contribution is 5.71. The smallest absolute Gasteiger partial charge is 0.306 e. The summed E-state index contributed by atoms with van der Waals surface area (Å²) in [5, 5.41) is 0. The fraction of sp³-hybridized carbons (Fsp3) is 0.700. The molecule has 0 aliphatic heterocycles. The molecule has 0 spiro atoms. The predicted molar refractivity (Wildman–Crippen MR) is 330 cm³/mol. The van der Waals surface area contributed by atoms with Crippen molar-refractivity contribution in [2.45, 2.75) is 303 Å². The molecule has 0 aromatic rings. The minimum atomic E-state index is -0.789. The van der Waals surface area contributed by atoms with E-state index in [1.807, 2.05) is 0 Å². The van der Waals surface area contributed by atoms with E-state index in [0.717, 1.165) is 128 Å². The molecule has 0 aromatic carbocycles. The Morgan fingerprint density at radius 3 is 0.803 bits per heavy atom. The van der Waals surface area contributed by atoms with E-state index in [0.29, 0.717) is 19.3 Å². The van der Waals surface area contributed by atoms with Crippen molar-refractivity contribution in [2.24, 2.45) is 0 Å². The van der Waals surface area contributed by atoms with Gasteiger partial charge in [0.25, 0.3) is 0 Å². The lowest BCUT2D eigenvalue weighted by Crippen LogP contribution is -2.30. The van der Waals surface area contributed by atoms with Crippen LogP contribution in [0.4, 0.5) is 0 Å². The van der Waals surface area contributed by atoms with Crippen molar-refractivity contribution < 1.29 is 28.6 Å². The Morgan fingerprint density at radius 2 is 0.513 bits per heavy atom. The number of hydrogen-bond acceptors (Lipinski definition) is 6. The average Bonchev–Trinajstić information content (AvgIpc) is 3.42. The summed E-state index contributed by atoms with van der Waals surface area (Å²) in [6.45, 7) is 6.50. The number of ether oxygens (including phenoxy) is 3. The summed E-state index contributed by atoms with van der Waals surface area (Å²) in [6, 6.07) is 0. The number of unbranched alkanes of at least 4 members (excludes halogenated alkanes) is 28. The first kappa shape index (κ1) is 72.1. The second kappa shape index (κ2) is 63.6. The highest BCUT2D eigenvalue weighted by Gasteiger charge is 2.19. The number of carbonyl (C=O) groups is 3. The fourth-order valence-corrected chi connectivity index (χ4v) is 8.75. The summed E-state index contributed by atoms with van der Waals surface area (Å²) in [5.74, 6) is -0.903. The highest BCUT2D eigenvalue weighted by atomic mass is 16.6. The van der Waals surface area contributed by atoms with Crippen LogP contribution in [0.3, 0.4) is 0 Å². The van der Waals surface area contributed by atoms with E-state index in [9.17, 15) is 14.4 Å². The van der Waals surface area contributed by atoms with Gasteiger partial charge in [0.2, 0.25) is 0 Å². The lowest BCUT2D eigenvalue weighted by atomic mass is 10.1. The first-order chi connectivity index (χ1) is 37.5. The molecular weight excluding hydrogens is 937 g/mol. The normalized spacial score (nSPS) is 12.8. The summed E-state index contributed by atoms with van der Waals surface area (Å²) >= 11 is 0. The van der Waals surface area contributed by atoms with Crippen molar-refractivity contribution in [2.75, 3.05) is 13.2 Å². The number of hydrogen-bond donors (Lipinski definition) is 0. The van der Waals surface area contributed by atoms with Crippen molar-refractivity contribution in [1.29, 1.82) is 0 Å². The van der Waals surface area contributed by atoms with Gasteiger partial charge in [0.1, 0.15) is 13.2 Å². The summed E-state index contributed by atoms with van der Waals surface area (Å²) in [4.78, 5) is 38.2. The molecule has 0 bridgehead atoms. The predicted octanol–water partition coefficient (Wildman–Crippen LogP) is 21.8. The van der Waals surface area contributed by atoms with Crippen LogP contribution in [0.25, 0.3) is 0 Å². The molecule has 0 fully saturated rings. The van der Waals surface area contributed by atoms with E-state index in [1.165, 1.54) is 128 Å². The molecule has 6 nitrogen and oxygen atoms in total. The van der Waals surface area contributed by atoms with Crippen molar-refractivity contribution in [3.63, 3.8) is 0 Å². The Labute approximate surface area is 470 Å². The van der Waals surface area contributed by atoms with E-state index in [4.69, 9.17) is 14.2 Å². The van der Waals surface area contributed by atoms with E-state index in [2.05, 4.69) is 130 Å². The molecule has 0 saturated heterocycles. The molecule has 0 saturated carbocycles. The molecule has 0 heterocycles. The minimum absolute atomic E-state index is 0.0851. The fourth-order valence-electron chi connectivity index (χ4n) is 8.75. The van der Waals surface area contributed by atoms with Crippen LogP contribution in [-0.2, 0) is 28.6 Å². The summed E-state index contributed by atoms with van der Waals surface area (Å²) in [5.41, 5.74) is 0. The van der Waals surface area contributed by atoms with Crippen LogP contribution in [-0.4, -0.2) is 37.2 Å². The van der Waals surface area contributed by atoms with E-state index in [1.54, 1.807) is 0 Å². The topological polar surface area (TPSA) is 78.9 Å². The van der Waals surface area contributed by atoms with Gasteiger partial charge in [-0.2, -0.15) is 0 Å². The molecule has 0 N–H and O–H groups in total. The van der Waals surface area contributed by atoms with Crippen LogP contribution in [0.5, 0.6) is 0 Å². The first-order valence-electron chi connectivity index (χ1n) is 31.9. The van der Waals surface area contributed by atoms with E-state index >= 15 is 0 Å². The molecule has 0 aromatic heterocycles. The number of rotatable bonds is 57. The lowest BCUT2D eigenvalue weighted by molar-refractivity contribution is -0.167. The van der Waals surface area contributed by atoms with E-state index < -0.39 is 6.10 Å². The molecule has 6 heteroatoms. The zero-order chi connectivity index (χ0) is 55.0. The van der Waals surface area contributed by atoms with Crippen LogP contribution in [0, 0.1) is 0 Å². The summed E-state index contributed by atoms with van der Waals surface area (Å²) < 4.78 is 16.9. The lowest BCUT2D eigenvalue weighted by Gasteiger charge is -2.18. The van der Waals surface area contributed by atoms with Crippen molar-refractivity contribution >= 4 is 17.9 Å². The van der Waals surface area contributed by atoms with Crippen molar-refractivity contribution in [3.05, 3.63) is 109 Å². The third-order valence-corrected chi connectivity index (χ3v) is 13.5. The molecule has 1 atom stereocenters. The molecule has 0 amide bonds. The average molecular weight is 1060 g/mol. The molecule has 434 valence electrons. The maximum Gasteiger partial charge on any atom is 0.306 e. The quantitative estimate of drug-likeness (QED) is 0.0261. The largest absolute Gasteiger partial charge is 0.462 e. The Morgan fingerprint density at radius 1 is 0.276 bits per heavy atom. The van der Waals surface area contributed by atoms with Crippen LogP contribution in [0.15, 0.2) is 109 Å². The number of carbonyl (C=O) groups excluding carboxylic acids is 3. The molecule has 0 aliphatic rings. The molecule has 1 unspecified atom stereocenters. The molecule has 0 aliphatic carbocycles. The third kappa shape index (κ3) is 60.9. The number of allylic oxidation sites excluding steroid dienone is 18. The van der Waals surface area contributed by atoms with Gasteiger partial charge in [0.15, 0.2) is 6.10 Å².